The van der Waals surface area contributed by atoms with Gasteiger partial charge >= 0.3 is 0 Å². The highest BCUT2D eigenvalue weighted by molar-refractivity contribution is 5.99. The molecule has 3 heterocycles. The van der Waals surface area contributed by atoms with Crippen LogP contribution in [0.4, 0.5) is 14.6 Å². The molecule has 1 aromatic heterocycles. The first-order valence-corrected chi connectivity index (χ1v) is 7.81. The Hall–Kier alpha value is -2.94. The van der Waals surface area contributed by atoms with Crippen molar-refractivity contribution in [3.05, 3.63) is 47.8 Å². The summed E-state index contributed by atoms with van der Waals surface area (Å²) in [5.74, 6) is -1.40. The number of hydrazine groups is 1. The average Bonchev–Trinajstić information content (AvgIpc) is 3.13. The van der Waals surface area contributed by atoms with Crippen LogP contribution in [0.15, 0.2) is 30.5 Å². The van der Waals surface area contributed by atoms with Gasteiger partial charge < -0.3 is 20.2 Å². The Morgan fingerprint density at radius 3 is 2.76 bits per heavy atom. The number of nitrogens with zero attached hydrogens (tertiary/aromatic N) is 3. The number of fused-ring (bicyclic) bond motifs is 1. The van der Waals surface area contributed by atoms with E-state index in [-0.39, 0.29) is 35.0 Å². The first kappa shape index (κ1) is 15.6. The maximum atomic E-state index is 14.2. The Morgan fingerprint density at radius 1 is 1.32 bits per heavy atom. The van der Waals surface area contributed by atoms with E-state index in [4.69, 9.17) is 0 Å². The van der Waals surface area contributed by atoms with Crippen molar-refractivity contribution in [2.75, 3.05) is 18.9 Å². The second-order valence-electron chi connectivity index (χ2n) is 5.84. The lowest BCUT2D eigenvalue weighted by Crippen LogP contribution is -2.39. The normalized spacial score (nSPS) is 19.1. The highest BCUT2D eigenvalue weighted by Crippen LogP contribution is 2.31. The largest absolute Gasteiger partial charge is 0.349 e. The van der Waals surface area contributed by atoms with Gasteiger partial charge in [0.2, 0.25) is 0 Å². The van der Waals surface area contributed by atoms with E-state index in [1.807, 2.05) is 19.3 Å². The molecule has 0 fully saturated rings. The lowest BCUT2D eigenvalue weighted by Gasteiger charge is -2.20. The zero-order valence-corrected chi connectivity index (χ0v) is 13.4. The molecule has 9 heteroatoms. The fourth-order valence-electron chi connectivity index (χ4n) is 3.02. The van der Waals surface area contributed by atoms with Crippen LogP contribution in [0.5, 0.6) is 0 Å². The number of benzene rings is 1. The minimum atomic E-state index is -0.719. The first-order valence-electron chi connectivity index (χ1n) is 7.81. The molecule has 4 rings (SSSR count). The Balaban J connectivity index is 1.82. The average molecular weight is 346 g/mol. The van der Waals surface area contributed by atoms with Crippen molar-refractivity contribution in [2.24, 2.45) is 0 Å². The molecule has 0 radical (unpaired) electrons. The summed E-state index contributed by atoms with van der Waals surface area (Å²) in [5.41, 5.74) is 3.10. The Labute approximate surface area is 142 Å². The van der Waals surface area contributed by atoms with Crippen LogP contribution < -0.4 is 16.1 Å². The van der Waals surface area contributed by atoms with Gasteiger partial charge in [-0.25, -0.2) is 19.2 Å². The van der Waals surface area contributed by atoms with Gasteiger partial charge in [-0.3, -0.25) is 4.79 Å². The second kappa shape index (κ2) is 5.85. The third-order valence-corrected chi connectivity index (χ3v) is 4.13. The zero-order chi connectivity index (χ0) is 17.6. The molecular weight excluding hydrogens is 330 g/mol. The predicted octanol–water partition coefficient (Wildman–Crippen LogP) is 1.27. The van der Waals surface area contributed by atoms with E-state index in [1.54, 1.807) is 9.58 Å². The summed E-state index contributed by atoms with van der Waals surface area (Å²) in [6.07, 6.45) is 3.38. The van der Waals surface area contributed by atoms with Gasteiger partial charge in [-0.2, -0.15) is 0 Å². The molecule has 1 atom stereocenters. The highest BCUT2D eigenvalue weighted by atomic mass is 19.1. The van der Waals surface area contributed by atoms with Crippen LogP contribution in [0.2, 0.25) is 0 Å². The van der Waals surface area contributed by atoms with E-state index in [0.717, 1.165) is 0 Å². The molecule has 0 spiro atoms. The number of hydrogen-bond donors (Lipinski definition) is 3. The number of halogens is 2. The number of hydrogen-bond acceptors (Lipinski definition) is 5. The van der Waals surface area contributed by atoms with Crippen molar-refractivity contribution in [1.29, 1.82) is 0 Å². The van der Waals surface area contributed by atoms with E-state index in [0.29, 0.717) is 13.1 Å². The van der Waals surface area contributed by atoms with Gasteiger partial charge in [0, 0.05) is 26.3 Å². The smallest absolute Gasteiger partial charge is 0.271 e. The molecular formula is C16H16F2N6O. The van der Waals surface area contributed by atoms with Gasteiger partial charge in [0.15, 0.2) is 11.5 Å². The molecule has 2 aliphatic heterocycles. The van der Waals surface area contributed by atoms with Gasteiger partial charge in [0.25, 0.3) is 5.91 Å². The summed E-state index contributed by atoms with van der Waals surface area (Å²) < 4.78 is 30.0. The maximum absolute atomic E-state index is 14.2. The van der Waals surface area contributed by atoms with E-state index in [9.17, 15) is 13.6 Å². The minimum absolute atomic E-state index is 0.0956. The molecule has 130 valence electrons. The molecule has 1 amide bonds. The topological polar surface area (TPSA) is 74.2 Å². The van der Waals surface area contributed by atoms with Crippen LogP contribution in [0, 0.1) is 11.6 Å². The summed E-state index contributed by atoms with van der Waals surface area (Å²) in [5, 5.41) is 7.56. The molecule has 7 nitrogen and oxygen atoms in total. The standard InChI is InChI=1S/C16H16F2N6O/c1-23-7-5-11(22-23)20-14-13-16(25)19-6-8-24(13)15(21-14)12-9(17)3-2-4-10(12)18/h2-5,7,11,20,22H,6,8H2,1H3,(H,19,25). The molecule has 0 saturated carbocycles. The van der Waals surface area contributed by atoms with Crippen molar-refractivity contribution < 1.29 is 13.6 Å². The Morgan fingerprint density at radius 2 is 2.08 bits per heavy atom. The number of carbonyl (C=O) groups excluding carboxylic acids is 1. The highest BCUT2D eigenvalue weighted by Gasteiger charge is 2.30. The van der Waals surface area contributed by atoms with Crippen LogP contribution in [-0.4, -0.2) is 40.2 Å². The quantitative estimate of drug-likeness (QED) is 0.781. The number of aromatic nitrogens is 2. The van der Waals surface area contributed by atoms with E-state index in [2.05, 4.69) is 21.0 Å². The van der Waals surface area contributed by atoms with Gasteiger partial charge in [0.1, 0.15) is 23.6 Å². The molecule has 2 aromatic rings. The van der Waals surface area contributed by atoms with Crippen molar-refractivity contribution in [1.82, 2.24) is 25.3 Å². The number of nitrogens with one attached hydrogen (secondary N) is 3. The monoisotopic (exact) mass is 346 g/mol. The number of carbonyl (C=O) groups is 1. The summed E-state index contributed by atoms with van der Waals surface area (Å²) in [4.78, 5) is 16.7. The van der Waals surface area contributed by atoms with Crippen molar-refractivity contribution in [2.45, 2.75) is 12.7 Å². The number of anilines is 1. The van der Waals surface area contributed by atoms with E-state index < -0.39 is 11.6 Å². The molecule has 0 aliphatic carbocycles. The summed E-state index contributed by atoms with van der Waals surface area (Å²) in [6, 6.07) is 3.64. The van der Waals surface area contributed by atoms with Crippen LogP contribution in [0.3, 0.4) is 0 Å². The van der Waals surface area contributed by atoms with Crippen molar-refractivity contribution in [3.8, 4) is 11.4 Å². The van der Waals surface area contributed by atoms with Gasteiger partial charge in [0.05, 0.1) is 5.56 Å². The zero-order valence-electron chi connectivity index (χ0n) is 13.4. The third-order valence-electron chi connectivity index (χ3n) is 4.13. The number of rotatable bonds is 3. The van der Waals surface area contributed by atoms with Crippen LogP contribution in [0.25, 0.3) is 11.4 Å². The molecule has 3 N–H and O–H groups in total. The Kier molecular flexibility index (Phi) is 3.65. The van der Waals surface area contributed by atoms with Gasteiger partial charge in [-0.15, -0.1) is 0 Å². The molecule has 25 heavy (non-hydrogen) atoms. The van der Waals surface area contributed by atoms with Gasteiger partial charge in [-0.05, 0) is 18.2 Å². The lowest BCUT2D eigenvalue weighted by atomic mass is 10.2. The molecule has 0 saturated heterocycles. The predicted molar refractivity (Wildman–Crippen MR) is 87.4 cm³/mol. The fraction of sp³-hybridized carbons (Fsp3) is 0.250. The fourth-order valence-corrected chi connectivity index (χ4v) is 3.02. The number of imidazole rings is 1. The van der Waals surface area contributed by atoms with Crippen LogP contribution in [0.1, 0.15) is 10.5 Å². The lowest BCUT2D eigenvalue weighted by molar-refractivity contribution is 0.0929. The summed E-state index contributed by atoms with van der Waals surface area (Å²) >= 11 is 0. The van der Waals surface area contributed by atoms with Crippen LogP contribution in [-0.2, 0) is 6.54 Å². The maximum Gasteiger partial charge on any atom is 0.271 e. The van der Waals surface area contributed by atoms with Crippen LogP contribution >= 0.6 is 0 Å². The minimum Gasteiger partial charge on any atom is -0.349 e. The molecule has 1 unspecified atom stereocenters. The summed E-state index contributed by atoms with van der Waals surface area (Å²) in [6.45, 7) is 0.752. The van der Waals surface area contributed by atoms with E-state index >= 15 is 0 Å². The summed E-state index contributed by atoms with van der Waals surface area (Å²) in [7, 11) is 1.83. The van der Waals surface area contributed by atoms with Crippen molar-refractivity contribution in [3.63, 3.8) is 0 Å². The Bertz CT molecular complexity index is 858. The molecule has 0 bridgehead atoms. The SMILES string of the molecule is CN1C=CC(Nc2nc(-c3c(F)cccc3F)n3c2C(=O)NCC3)N1. The van der Waals surface area contributed by atoms with Gasteiger partial charge in [-0.1, -0.05) is 6.07 Å². The van der Waals surface area contributed by atoms with Crippen molar-refractivity contribution >= 4 is 11.7 Å². The van der Waals surface area contributed by atoms with E-state index in [1.165, 1.54) is 18.2 Å². The first-order chi connectivity index (χ1) is 12.0. The third kappa shape index (κ3) is 2.62. The molecule has 2 aliphatic rings. The second-order valence-corrected chi connectivity index (χ2v) is 5.84. The number of amides is 1. The molecule has 1 aromatic carbocycles.